The van der Waals surface area contributed by atoms with Gasteiger partial charge in [0.2, 0.25) is 0 Å². The predicted octanol–water partition coefficient (Wildman–Crippen LogP) is 0.726. The van der Waals surface area contributed by atoms with Crippen molar-refractivity contribution in [2.24, 2.45) is 5.92 Å². The van der Waals surface area contributed by atoms with Gasteiger partial charge in [0.05, 0.1) is 17.1 Å². The highest BCUT2D eigenvalue weighted by Crippen LogP contribution is 2.40. The molecular formula is C9H16O3S. The van der Waals surface area contributed by atoms with Gasteiger partial charge in [-0.3, -0.25) is 0 Å². The number of rotatable bonds is 0. The molecule has 0 amide bonds. The van der Waals surface area contributed by atoms with Crippen molar-refractivity contribution in [3.05, 3.63) is 0 Å². The molecule has 1 N–H and O–H groups in total. The van der Waals surface area contributed by atoms with Gasteiger partial charge in [-0.25, -0.2) is 8.42 Å². The van der Waals surface area contributed by atoms with Crippen LogP contribution in [0.5, 0.6) is 0 Å². The van der Waals surface area contributed by atoms with E-state index in [1.54, 1.807) is 0 Å². The fourth-order valence-electron chi connectivity index (χ4n) is 2.67. The van der Waals surface area contributed by atoms with Crippen LogP contribution in [-0.4, -0.2) is 30.6 Å². The van der Waals surface area contributed by atoms with Gasteiger partial charge >= 0.3 is 0 Å². The third kappa shape index (κ3) is 1.74. The van der Waals surface area contributed by atoms with Gasteiger partial charge in [-0.05, 0) is 25.2 Å². The molecule has 76 valence electrons. The zero-order valence-corrected chi connectivity index (χ0v) is 8.52. The fourth-order valence-corrected chi connectivity index (χ4v) is 4.60. The summed E-state index contributed by atoms with van der Waals surface area (Å²) >= 11 is 0. The molecule has 13 heavy (non-hydrogen) atoms. The van der Waals surface area contributed by atoms with Crippen LogP contribution in [0.2, 0.25) is 0 Å². The second-order valence-corrected chi connectivity index (χ2v) is 6.61. The molecule has 1 saturated heterocycles. The number of sulfone groups is 1. The lowest BCUT2D eigenvalue weighted by atomic mass is 9.75. The zero-order valence-electron chi connectivity index (χ0n) is 7.70. The van der Waals surface area contributed by atoms with Crippen LogP contribution >= 0.6 is 0 Å². The van der Waals surface area contributed by atoms with Crippen molar-refractivity contribution in [2.45, 2.75) is 37.7 Å². The maximum absolute atomic E-state index is 11.4. The summed E-state index contributed by atoms with van der Waals surface area (Å²) in [6.45, 7) is 0. The highest BCUT2D eigenvalue weighted by molar-refractivity contribution is 7.91. The van der Waals surface area contributed by atoms with E-state index in [9.17, 15) is 13.5 Å². The summed E-state index contributed by atoms with van der Waals surface area (Å²) in [5.41, 5.74) is -0.880. The van der Waals surface area contributed by atoms with Crippen LogP contribution in [0.1, 0.15) is 32.1 Å². The molecule has 0 spiro atoms. The summed E-state index contributed by atoms with van der Waals surface area (Å²) in [7, 11) is -2.96. The first-order valence-corrected chi connectivity index (χ1v) is 6.77. The van der Waals surface area contributed by atoms with E-state index in [0.717, 1.165) is 19.3 Å². The lowest BCUT2D eigenvalue weighted by Crippen LogP contribution is -2.51. The Bertz CT molecular complexity index is 296. The van der Waals surface area contributed by atoms with E-state index in [1.807, 2.05) is 0 Å². The number of hydrogen-bond acceptors (Lipinski definition) is 3. The lowest BCUT2D eigenvalue weighted by Gasteiger charge is -2.42. The van der Waals surface area contributed by atoms with Gasteiger partial charge < -0.3 is 5.11 Å². The quantitative estimate of drug-likeness (QED) is 0.632. The topological polar surface area (TPSA) is 54.4 Å². The summed E-state index contributed by atoms with van der Waals surface area (Å²) < 4.78 is 22.7. The van der Waals surface area contributed by atoms with E-state index < -0.39 is 15.4 Å². The molecule has 0 aromatic rings. The summed E-state index contributed by atoms with van der Waals surface area (Å²) in [5.74, 6) is 0.523. The fraction of sp³-hybridized carbons (Fsp3) is 1.00. The van der Waals surface area contributed by atoms with E-state index in [0.29, 0.717) is 12.8 Å². The molecular weight excluding hydrogens is 188 g/mol. The van der Waals surface area contributed by atoms with Gasteiger partial charge in [0.1, 0.15) is 0 Å². The highest BCUT2D eigenvalue weighted by atomic mass is 32.2. The van der Waals surface area contributed by atoms with Crippen LogP contribution in [0.15, 0.2) is 0 Å². The first-order chi connectivity index (χ1) is 6.02. The van der Waals surface area contributed by atoms with Crippen molar-refractivity contribution in [1.29, 1.82) is 0 Å². The molecule has 2 atom stereocenters. The molecule has 2 fully saturated rings. The Morgan fingerprint density at radius 3 is 2.77 bits per heavy atom. The first kappa shape index (κ1) is 9.46. The molecule has 0 aromatic carbocycles. The largest absolute Gasteiger partial charge is 0.389 e. The van der Waals surface area contributed by atoms with Crippen molar-refractivity contribution < 1.29 is 13.5 Å². The SMILES string of the molecule is O=S1(=O)CC[C@@H]2CCCC[C@@]2(O)C1. The molecule has 0 radical (unpaired) electrons. The molecule has 1 heterocycles. The molecule has 2 rings (SSSR count). The molecule has 0 aromatic heterocycles. The van der Waals surface area contributed by atoms with Crippen LogP contribution in [0.25, 0.3) is 0 Å². The number of fused-ring (bicyclic) bond motifs is 1. The average Bonchev–Trinajstić information content (AvgIpc) is 2.00. The maximum atomic E-state index is 11.4. The highest BCUT2D eigenvalue weighted by Gasteiger charge is 2.45. The predicted molar refractivity (Wildman–Crippen MR) is 50.2 cm³/mol. The van der Waals surface area contributed by atoms with E-state index in [4.69, 9.17) is 0 Å². The van der Waals surface area contributed by atoms with Crippen LogP contribution in [-0.2, 0) is 9.84 Å². The minimum Gasteiger partial charge on any atom is -0.389 e. The van der Waals surface area contributed by atoms with Crippen molar-refractivity contribution in [3.63, 3.8) is 0 Å². The zero-order chi connectivity index (χ0) is 9.53. The number of aliphatic hydroxyl groups is 1. The molecule has 1 aliphatic carbocycles. The smallest absolute Gasteiger partial charge is 0.153 e. The Hall–Kier alpha value is -0.0900. The van der Waals surface area contributed by atoms with Gasteiger partial charge in [0.25, 0.3) is 0 Å². The van der Waals surface area contributed by atoms with E-state index in [2.05, 4.69) is 0 Å². The van der Waals surface area contributed by atoms with Crippen LogP contribution < -0.4 is 0 Å². The van der Waals surface area contributed by atoms with Crippen molar-refractivity contribution in [2.75, 3.05) is 11.5 Å². The Morgan fingerprint density at radius 1 is 1.23 bits per heavy atom. The number of hydrogen-bond donors (Lipinski definition) is 1. The molecule has 2 aliphatic rings. The molecule has 4 heteroatoms. The summed E-state index contributed by atoms with van der Waals surface area (Å²) in [4.78, 5) is 0. The first-order valence-electron chi connectivity index (χ1n) is 4.95. The van der Waals surface area contributed by atoms with Crippen molar-refractivity contribution >= 4 is 9.84 Å². The van der Waals surface area contributed by atoms with Crippen molar-refractivity contribution in [1.82, 2.24) is 0 Å². The van der Waals surface area contributed by atoms with Crippen molar-refractivity contribution in [3.8, 4) is 0 Å². The normalized spacial score (nSPS) is 43.9. The van der Waals surface area contributed by atoms with Gasteiger partial charge in [-0.15, -0.1) is 0 Å². The van der Waals surface area contributed by atoms with E-state index in [1.165, 1.54) is 0 Å². The van der Waals surface area contributed by atoms with Gasteiger partial charge in [-0.2, -0.15) is 0 Å². The summed E-state index contributed by atoms with van der Waals surface area (Å²) in [6, 6.07) is 0. The third-order valence-corrected chi connectivity index (χ3v) is 5.22. The molecule has 1 aliphatic heterocycles. The van der Waals surface area contributed by atoms with E-state index in [-0.39, 0.29) is 17.4 Å². The van der Waals surface area contributed by atoms with Crippen LogP contribution in [0, 0.1) is 5.92 Å². The Balaban J connectivity index is 2.22. The molecule has 0 unspecified atom stereocenters. The Morgan fingerprint density at radius 2 is 2.00 bits per heavy atom. The van der Waals surface area contributed by atoms with E-state index >= 15 is 0 Å². The summed E-state index contributed by atoms with van der Waals surface area (Å²) in [6.07, 6.45) is 4.47. The third-order valence-electron chi connectivity index (χ3n) is 3.42. The maximum Gasteiger partial charge on any atom is 0.153 e. The minimum atomic E-state index is -2.96. The van der Waals surface area contributed by atoms with Gasteiger partial charge in [-0.1, -0.05) is 12.8 Å². The second kappa shape index (κ2) is 2.95. The van der Waals surface area contributed by atoms with Gasteiger partial charge in [0, 0.05) is 0 Å². The van der Waals surface area contributed by atoms with Crippen LogP contribution in [0.3, 0.4) is 0 Å². The Labute approximate surface area is 79.1 Å². The summed E-state index contributed by atoms with van der Waals surface area (Å²) in [5, 5.41) is 10.1. The lowest BCUT2D eigenvalue weighted by molar-refractivity contribution is -0.0335. The molecule has 3 nitrogen and oxygen atoms in total. The van der Waals surface area contributed by atoms with Gasteiger partial charge in [0.15, 0.2) is 9.84 Å². The molecule has 0 bridgehead atoms. The Kier molecular flexibility index (Phi) is 2.15. The second-order valence-electron chi connectivity index (χ2n) is 4.43. The average molecular weight is 204 g/mol. The minimum absolute atomic E-state index is 0.00463. The molecule has 1 saturated carbocycles. The van der Waals surface area contributed by atoms with Crippen LogP contribution in [0.4, 0.5) is 0 Å². The monoisotopic (exact) mass is 204 g/mol. The standard InChI is InChI=1S/C9H16O3S/c10-9-5-2-1-3-8(9)4-6-13(11,12)7-9/h8,10H,1-7H2/t8-,9+/m0/s1.